The molecule has 1 aliphatic rings. The summed E-state index contributed by atoms with van der Waals surface area (Å²) in [5.74, 6) is -1.55. The van der Waals surface area contributed by atoms with Crippen molar-refractivity contribution < 1.29 is 23.9 Å². The zero-order valence-corrected chi connectivity index (χ0v) is 24.5. The maximum Gasteiger partial charge on any atom is 0.358 e. The third-order valence-electron chi connectivity index (χ3n) is 7.84. The van der Waals surface area contributed by atoms with Crippen molar-refractivity contribution in [3.05, 3.63) is 52.9 Å². The molecule has 1 aliphatic carbocycles. The molecule has 1 saturated carbocycles. The van der Waals surface area contributed by atoms with Gasteiger partial charge >= 0.3 is 12.0 Å². The first-order valence-electron chi connectivity index (χ1n) is 14.8. The third-order valence-corrected chi connectivity index (χ3v) is 7.84. The minimum atomic E-state index is -1.24. The van der Waals surface area contributed by atoms with Crippen LogP contribution in [0, 0.1) is 12.8 Å². The predicted octanol–water partition coefficient (Wildman–Crippen LogP) is 5.64. The van der Waals surface area contributed by atoms with Gasteiger partial charge in [-0.05, 0) is 50.2 Å². The van der Waals surface area contributed by atoms with E-state index in [9.17, 15) is 19.5 Å². The van der Waals surface area contributed by atoms with E-state index in [0.717, 1.165) is 72.0 Å². The number of fused-ring (bicyclic) bond motifs is 1. The van der Waals surface area contributed by atoms with E-state index < -0.39 is 30.0 Å². The van der Waals surface area contributed by atoms with Crippen molar-refractivity contribution in [2.45, 2.75) is 104 Å². The van der Waals surface area contributed by atoms with E-state index in [1.165, 1.54) is 6.92 Å². The lowest BCUT2D eigenvalue weighted by Crippen LogP contribution is -2.54. The molecule has 0 spiro atoms. The molecule has 1 fully saturated rings. The highest BCUT2D eigenvalue weighted by Gasteiger charge is 2.39. The number of aromatic nitrogens is 2. The number of urea groups is 1. The van der Waals surface area contributed by atoms with Crippen molar-refractivity contribution in [1.82, 2.24) is 20.2 Å². The molecule has 2 heterocycles. The second kappa shape index (κ2) is 13.3. The number of amides is 3. The number of hydrogen-bond acceptors (Lipinski definition) is 6. The summed E-state index contributed by atoms with van der Waals surface area (Å²) in [7, 11) is 0. The van der Waals surface area contributed by atoms with Crippen LogP contribution in [0.2, 0.25) is 0 Å². The van der Waals surface area contributed by atoms with Crippen LogP contribution in [0.3, 0.4) is 0 Å². The van der Waals surface area contributed by atoms with Crippen LogP contribution in [-0.2, 0) is 17.6 Å². The summed E-state index contributed by atoms with van der Waals surface area (Å²) in [6.07, 6.45) is 7.02. The fourth-order valence-corrected chi connectivity index (χ4v) is 5.87. The van der Waals surface area contributed by atoms with Gasteiger partial charge in [-0.1, -0.05) is 64.7 Å². The summed E-state index contributed by atoms with van der Waals surface area (Å²) >= 11 is 0. The Morgan fingerprint density at radius 3 is 2.54 bits per heavy atom. The minimum Gasteiger partial charge on any atom is -0.476 e. The second-order valence-corrected chi connectivity index (χ2v) is 11.6. The molecule has 41 heavy (non-hydrogen) atoms. The van der Waals surface area contributed by atoms with Crippen LogP contribution in [-0.4, -0.2) is 50.0 Å². The molecule has 5 N–H and O–H groups in total. The fourth-order valence-electron chi connectivity index (χ4n) is 5.87. The van der Waals surface area contributed by atoms with Crippen LogP contribution in [0.4, 0.5) is 4.79 Å². The molecule has 2 atom stereocenters. The molecule has 2 aromatic heterocycles. The van der Waals surface area contributed by atoms with Crippen LogP contribution >= 0.6 is 0 Å². The molecular weight excluding hydrogens is 522 g/mol. The van der Waals surface area contributed by atoms with Crippen LogP contribution in [0.15, 0.2) is 28.7 Å². The number of H-pyrrole nitrogens is 1. The Labute approximate surface area is 241 Å². The number of nitrogens with zero attached hydrogens (tertiary/aromatic N) is 2. The number of nitrogens with one attached hydrogen (secondary N) is 2. The molecule has 0 unspecified atom stereocenters. The summed E-state index contributed by atoms with van der Waals surface area (Å²) in [5, 5.41) is 13.8. The zero-order chi connectivity index (χ0) is 29.7. The average molecular weight is 566 g/mol. The van der Waals surface area contributed by atoms with Crippen LogP contribution in [0.5, 0.6) is 0 Å². The number of carboxylic acids is 1. The second-order valence-electron chi connectivity index (χ2n) is 11.6. The largest absolute Gasteiger partial charge is 0.476 e. The molecular formula is C31H43N5O5. The number of aryl methyl sites for hydroxylation is 2. The topological polar surface area (TPSA) is 155 Å². The number of hydrogen-bond donors (Lipinski definition) is 4. The van der Waals surface area contributed by atoms with Gasteiger partial charge in [0.25, 0.3) is 0 Å². The summed E-state index contributed by atoms with van der Waals surface area (Å²) in [6.45, 7) is 7.54. The maximum absolute atomic E-state index is 14.1. The van der Waals surface area contributed by atoms with Crippen molar-refractivity contribution in [2.75, 3.05) is 0 Å². The number of rotatable bonds is 11. The van der Waals surface area contributed by atoms with Crippen molar-refractivity contribution in [3.63, 3.8) is 0 Å². The molecule has 3 amide bonds. The van der Waals surface area contributed by atoms with E-state index in [4.69, 9.17) is 10.2 Å². The highest BCUT2D eigenvalue weighted by Crippen LogP contribution is 2.33. The predicted molar refractivity (Wildman–Crippen MR) is 157 cm³/mol. The first-order chi connectivity index (χ1) is 19.6. The molecule has 0 radical (unpaired) electrons. The Balaban J connectivity index is 1.85. The van der Waals surface area contributed by atoms with Crippen molar-refractivity contribution in [3.8, 4) is 0 Å². The van der Waals surface area contributed by atoms with Crippen LogP contribution in [0.1, 0.15) is 105 Å². The fraction of sp³-hybridized carbons (Fsp3) is 0.548. The first kappa shape index (κ1) is 30.3. The number of para-hydroxylation sites is 1. The number of carboxylic acid groups (broad SMARTS) is 1. The number of carbonyl (C=O) groups is 3. The van der Waals surface area contributed by atoms with E-state index in [0.29, 0.717) is 6.42 Å². The quantitative estimate of drug-likeness (QED) is 0.234. The molecule has 10 heteroatoms. The van der Waals surface area contributed by atoms with E-state index in [1.807, 2.05) is 38.1 Å². The molecule has 4 rings (SSSR count). The molecule has 1 aromatic carbocycles. The Kier molecular flexibility index (Phi) is 9.86. The monoisotopic (exact) mass is 565 g/mol. The molecule has 3 aromatic rings. The third kappa shape index (κ3) is 6.98. The molecule has 0 bridgehead atoms. The van der Waals surface area contributed by atoms with Crippen molar-refractivity contribution in [2.24, 2.45) is 11.7 Å². The van der Waals surface area contributed by atoms with Gasteiger partial charge < -0.3 is 25.6 Å². The number of imide groups is 1. The SMILES string of the molecule is CCCc1[nH]c2ccccc2c1C[C@H](c1nc(C(=O)O)c(C)o1)N(C(=O)NC1CCCCC1)C(=O)[C@@H](N)CC(C)C. The number of benzene rings is 1. The average Bonchev–Trinajstić information content (AvgIpc) is 3.48. The van der Waals surface area contributed by atoms with Crippen molar-refractivity contribution >= 4 is 28.8 Å². The Morgan fingerprint density at radius 2 is 1.90 bits per heavy atom. The van der Waals surface area contributed by atoms with E-state index in [2.05, 4.69) is 22.2 Å². The number of aromatic carboxylic acids is 1. The van der Waals surface area contributed by atoms with Gasteiger partial charge in [-0.15, -0.1) is 0 Å². The number of oxazole rings is 1. The van der Waals surface area contributed by atoms with E-state index >= 15 is 0 Å². The van der Waals surface area contributed by atoms with Crippen LogP contribution < -0.4 is 11.1 Å². The van der Waals surface area contributed by atoms with Gasteiger partial charge in [-0.25, -0.2) is 14.6 Å². The summed E-state index contributed by atoms with van der Waals surface area (Å²) in [6, 6.07) is 5.33. The lowest BCUT2D eigenvalue weighted by atomic mass is 9.95. The van der Waals surface area contributed by atoms with Gasteiger partial charge in [0.15, 0.2) is 5.69 Å². The summed E-state index contributed by atoms with van der Waals surface area (Å²) in [5.41, 5.74) is 9.03. The molecule has 10 nitrogen and oxygen atoms in total. The molecule has 0 aliphatic heterocycles. The van der Waals surface area contributed by atoms with Gasteiger partial charge in [-0.2, -0.15) is 0 Å². The summed E-state index contributed by atoms with van der Waals surface area (Å²) < 4.78 is 5.91. The smallest absolute Gasteiger partial charge is 0.358 e. The van der Waals surface area contributed by atoms with Gasteiger partial charge in [0.05, 0.1) is 6.04 Å². The molecule has 0 saturated heterocycles. The Bertz CT molecular complexity index is 1370. The normalized spacial score (nSPS) is 15.7. The Morgan fingerprint density at radius 1 is 1.20 bits per heavy atom. The first-order valence-corrected chi connectivity index (χ1v) is 14.8. The highest BCUT2D eigenvalue weighted by molar-refractivity contribution is 5.98. The molecule has 222 valence electrons. The number of aromatic amines is 1. The summed E-state index contributed by atoms with van der Waals surface area (Å²) in [4.78, 5) is 48.9. The lowest BCUT2D eigenvalue weighted by Gasteiger charge is -2.33. The highest BCUT2D eigenvalue weighted by atomic mass is 16.4. The Hall–Kier alpha value is -3.66. The van der Waals surface area contributed by atoms with Crippen molar-refractivity contribution in [1.29, 1.82) is 0 Å². The number of nitrogens with two attached hydrogens (primary N) is 1. The zero-order valence-electron chi connectivity index (χ0n) is 24.5. The van der Waals surface area contributed by atoms with Crippen LogP contribution in [0.25, 0.3) is 10.9 Å². The number of carbonyl (C=O) groups excluding carboxylic acids is 2. The lowest BCUT2D eigenvalue weighted by molar-refractivity contribution is -0.132. The van der Waals surface area contributed by atoms with Gasteiger partial charge in [-0.3, -0.25) is 9.69 Å². The maximum atomic E-state index is 14.1. The van der Waals surface area contributed by atoms with Gasteiger partial charge in [0.2, 0.25) is 11.8 Å². The van der Waals surface area contributed by atoms with E-state index in [-0.39, 0.29) is 35.7 Å². The van der Waals surface area contributed by atoms with Gasteiger partial charge in [0.1, 0.15) is 11.8 Å². The minimum absolute atomic E-state index is 0.00322. The standard InChI is InChI=1S/C31H43N5O5/c1-5-11-24-22(21-14-9-10-15-25(21)34-24)17-26(28-35-27(30(38)39)19(4)41-28)36(29(37)23(32)16-18(2)3)31(40)33-20-12-7-6-8-13-20/h9-10,14-15,18,20,23,26,34H,5-8,11-13,16-17,32H2,1-4H3,(H,33,40)(H,38,39)/t23-,26+/m0/s1. The van der Waals surface area contributed by atoms with Gasteiger partial charge in [0, 0.05) is 29.1 Å². The van der Waals surface area contributed by atoms with E-state index in [1.54, 1.807) is 0 Å².